The van der Waals surface area contributed by atoms with Crippen molar-refractivity contribution in [3.63, 3.8) is 0 Å². The minimum absolute atomic E-state index is 0. The average Bonchev–Trinajstić information content (AvgIpc) is 3.48. The normalized spacial score (nSPS) is 22.7. The molecule has 1 aliphatic heterocycles. The largest absolute Gasteiger partial charge is 0.490 e. The van der Waals surface area contributed by atoms with Crippen LogP contribution in [-0.4, -0.2) is 43.1 Å². The zero-order valence-electron chi connectivity index (χ0n) is 15.8. The number of nitrogens with zero attached hydrogens (tertiary/aromatic N) is 2. The Hall–Kier alpha value is -1.76. The third-order valence-electron chi connectivity index (χ3n) is 5.33. The fourth-order valence-electron chi connectivity index (χ4n) is 3.76. The van der Waals surface area contributed by atoms with Crippen molar-refractivity contribution in [2.24, 2.45) is 4.99 Å². The molecule has 27 heavy (non-hydrogen) atoms. The van der Waals surface area contributed by atoms with Crippen molar-refractivity contribution in [3.05, 3.63) is 66.2 Å². The van der Waals surface area contributed by atoms with Gasteiger partial charge in [-0.2, -0.15) is 0 Å². The first-order valence-electron chi connectivity index (χ1n) is 9.58. The number of guanidine groups is 1. The number of para-hydroxylation sites is 1. The van der Waals surface area contributed by atoms with Crippen molar-refractivity contribution in [1.82, 2.24) is 10.2 Å². The molecule has 144 valence electrons. The summed E-state index contributed by atoms with van der Waals surface area (Å²) in [7, 11) is 1.88. The molecule has 1 heterocycles. The summed E-state index contributed by atoms with van der Waals surface area (Å²) in [6.07, 6.45) is 3.55. The lowest BCUT2D eigenvalue weighted by Gasteiger charge is -2.34. The van der Waals surface area contributed by atoms with Crippen LogP contribution in [0.2, 0.25) is 0 Å². The van der Waals surface area contributed by atoms with Crippen LogP contribution in [0.25, 0.3) is 0 Å². The van der Waals surface area contributed by atoms with Gasteiger partial charge in [0.15, 0.2) is 5.96 Å². The second-order valence-corrected chi connectivity index (χ2v) is 7.17. The summed E-state index contributed by atoms with van der Waals surface area (Å²) < 4.78 is 6.10. The van der Waals surface area contributed by atoms with E-state index in [-0.39, 0.29) is 24.0 Å². The van der Waals surface area contributed by atoms with E-state index in [1.807, 2.05) is 37.4 Å². The predicted molar refractivity (Wildman–Crippen MR) is 121 cm³/mol. The number of nitrogens with one attached hydrogen (secondary N) is 1. The summed E-state index contributed by atoms with van der Waals surface area (Å²) >= 11 is 0. The van der Waals surface area contributed by atoms with Gasteiger partial charge in [0.05, 0.1) is 0 Å². The van der Waals surface area contributed by atoms with Crippen LogP contribution in [-0.2, 0) is 0 Å². The molecular formula is C22H28IN3O. The van der Waals surface area contributed by atoms with E-state index in [1.54, 1.807) is 0 Å². The lowest BCUT2D eigenvalue weighted by atomic mass is 10.1. The predicted octanol–water partition coefficient (Wildman–Crippen LogP) is 4.28. The van der Waals surface area contributed by atoms with Crippen molar-refractivity contribution in [1.29, 1.82) is 0 Å². The SMILES string of the molecule is CN=C(NC1CC1c1ccccc1)N1CCC(Oc2ccccc2)CC1.I. The molecule has 2 aliphatic rings. The Bertz CT molecular complexity index is 730. The number of aliphatic imine (C=N–C) groups is 1. The van der Waals surface area contributed by atoms with Gasteiger partial charge in [-0.1, -0.05) is 48.5 Å². The summed E-state index contributed by atoms with van der Waals surface area (Å²) in [5, 5.41) is 3.66. The maximum Gasteiger partial charge on any atom is 0.193 e. The highest BCUT2D eigenvalue weighted by Crippen LogP contribution is 2.40. The minimum atomic E-state index is 0. The van der Waals surface area contributed by atoms with Gasteiger partial charge in [-0.15, -0.1) is 24.0 Å². The number of rotatable bonds is 4. The van der Waals surface area contributed by atoms with Gasteiger partial charge >= 0.3 is 0 Å². The van der Waals surface area contributed by atoms with E-state index in [1.165, 1.54) is 12.0 Å². The van der Waals surface area contributed by atoms with Gasteiger partial charge in [-0.25, -0.2) is 0 Å². The van der Waals surface area contributed by atoms with E-state index >= 15 is 0 Å². The van der Waals surface area contributed by atoms with E-state index in [4.69, 9.17) is 4.74 Å². The summed E-state index contributed by atoms with van der Waals surface area (Å²) in [4.78, 5) is 6.89. The third kappa shape index (κ3) is 5.15. The maximum absolute atomic E-state index is 6.10. The minimum Gasteiger partial charge on any atom is -0.490 e. The molecule has 1 saturated heterocycles. The third-order valence-corrected chi connectivity index (χ3v) is 5.33. The van der Waals surface area contributed by atoms with Crippen LogP contribution in [0, 0.1) is 0 Å². The molecule has 4 nitrogen and oxygen atoms in total. The van der Waals surface area contributed by atoms with Crippen LogP contribution < -0.4 is 10.1 Å². The monoisotopic (exact) mass is 477 g/mol. The van der Waals surface area contributed by atoms with E-state index in [0.29, 0.717) is 18.1 Å². The van der Waals surface area contributed by atoms with Crippen molar-refractivity contribution in [3.8, 4) is 5.75 Å². The summed E-state index contributed by atoms with van der Waals surface area (Å²) in [6.45, 7) is 1.97. The number of benzene rings is 2. The lowest BCUT2D eigenvalue weighted by Crippen LogP contribution is -2.48. The Morgan fingerprint density at radius 2 is 1.63 bits per heavy atom. The van der Waals surface area contributed by atoms with E-state index in [2.05, 4.69) is 45.5 Å². The summed E-state index contributed by atoms with van der Waals surface area (Å²) in [5.74, 6) is 2.62. The van der Waals surface area contributed by atoms with Crippen molar-refractivity contribution < 1.29 is 4.74 Å². The molecule has 2 fully saturated rings. The lowest BCUT2D eigenvalue weighted by molar-refractivity contribution is 0.129. The Morgan fingerprint density at radius 1 is 1.00 bits per heavy atom. The topological polar surface area (TPSA) is 36.9 Å². The molecule has 2 aromatic carbocycles. The average molecular weight is 477 g/mol. The number of hydrogen-bond donors (Lipinski definition) is 1. The smallest absolute Gasteiger partial charge is 0.193 e. The first-order valence-corrected chi connectivity index (χ1v) is 9.58. The molecule has 2 atom stereocenters. The van der Waals surface area contributed by atoms with Crippen molar-refractivity contribution in [2.45, 2.75) is 37.3 Å². The summed E-state index contributed by atoms with van der Waals surface area (Å²) in [5.41, 5.74) is 1.43. The Morgan fingerprint density at radius 3 is 2.26 bits per heavy atom. The van der Waals surface area contributed by atoms with Gasteiger partial charge < -0.3 is 15.0 Å². The molecule has 0 aromatic heterocycles. The second kappa shape index (κ2) is 9.44. The highest BCUT2D eigenvalue weighted by Gasteiger charge is 2.39. The number of ether oxygens (including phenoxy) is 1. The van der Waals surface area contributed by atoms with Gasteiger partial charge in [0.2, 0.25) is 0 Å². The van der Waals surface area contributed by atoms with Crippen LogP contribution in [0.1, 0.15) is 30.7 Å². The maximum atomic E-state index is 6.10. The van der Waals surface area contributed by atoms with Gasteiger partial charge in [-0.3, -0.25) is 4.99 Å². The molecule has 0 bridgehead atoms. The van der Waals surface area contributed by atoms with Gasteiger partial charge in [0, 0.05) is 44.9 Å². The number of likely N-dealkylation sites (tertiary alicyclic amines) is 1. The molecule has 2 unspecified atom stereocenters. The molecule has 1 aliphatic carbocycles. The molecule has 0 amide bonds. The van der Waals surface area contributed by atoms with E-state index in [0.717, 1.165) is 37.6 Å². The van der Waals surface area contributed by atoms with E-state index < -0.39 is 0 Å². The Labute approximate surface area is 179 Å². The van der Waals surface area contributed by atoms with Crippen LogP contribution >= 0.6 is 24.0 Å². The molecular weight excluding hydrogens is 449 g/mol. The van der Waals surface area contributed by atoms with Gasteiger partial charge in [0.1, 0.15) is 11.9 Å². The first-order chi connectivity index (χ1) is 12.8. The number of hydrogen-bond acceptors (Lipinski definition) is 2. The van der Waals surface area contributed by atoms with Crippen molar-refractivity contribution in [2.75, 3.05) is 20.1 Å². The van der Waals surface area contributed by atoms with Gasteiger partial charge in [0.25, 0.3) is 0 Å². The molecule has 5 heteroatoms. The first kappa shape index (κ1) is 20.0. The second-order valence-electron chi connectivity index (χ2n) is 7.17. The Kier molecular flexibility index (Phi) is 6.99. The zero-order valence-corrected chi connectivity index (χ0v) is 18.1. The Balaban J connectivity index is 0.00000210. The summed E-state index contributed by atoms with van der Waals surface area (Å²) in [6, 6.07) is 21.4. The highest BCUT2D eigenvalue weighted by atomic mass is 127. The zero-order chi connectivity index (χ0) is 17.8. The highest BCUT2D eigenvalue weighted by molar-refractivity contribution is 14.0. The molecule has 4 rings (SSSR count). The quantitative estimate of drug-likeness (QED) is 0.406. The molecule has 2 aromatic rings. The molecule has 1 saturated carbocycles. The standard InChI is InChI=1S/C22H27N3O.HI/c1-23-22(24-21-16-20(21)17-8-4-2-5-9-17)25-14-12-19(13-15-25)26-18-10-6-3-7-11-18;/h2-11,19-21H,12-16H2,1H3,(H,23,24);1H. The fraction of sp³-hybridized carbons (Fsp3) is 0.409. The molecule has 0 radical (unpaired) electrons. The van der Waals surface area contributed by atoms with Crippen molar-refractivity contribution >= 4 is 29.9 Å². The number of halogens is 1. The van der Waals surface area contributed by atoms with Crippen LogP contribution in [0.5, 0.6) is 5.75 Å². The molecule has 1 N–H and O–H groups in total. The molecule has 0 spiro atoms. The van der Waals surface area contributed by atoms with Crippen LogP contribution in [0.4, 0.5) is 0 Å². The fourth-order valence-corrected chi connectivity index (χ4v) is 3.76. The van der Waals surface area contributed by atoms with E-state index in [9.17, 15) is 0 Å². The van der Waals surface area contributed by atoms with Crippen LogP contribution in [0.15, 0.2) is 65.7 Å². The van der Waals surface area contributed by atoms with Crippen LogP contribution in [0.3, 0.4) is 0 Å². The number of piperidine rings is 1. The van der Waals surface area contributed by atoms with Gasteiger partial charge in [-0.05, 0) is 24.1 Å².